The summed E-state index contributed by atoms with van der Waals surface area (Å²) in [7, 11) is 0. The summed E-state index contributed by atoms with van der Waals surface area (Å²) in [5.74, 6) is -3.41. The first-order valence-corrected chi connectivity index (χ1v) is 9.05. The number of hydrogen-bond donors (Lipinski definition) is 2. The molecule has 0 unspecified atom stereocenters. The molecule has 0 amide bonds. The molecule has 0 aliphatic carbocycles. The van der Waals surface area contributed by atoms with Crippen molar-refractivity contribution in [2.45, 2.75) is 72.2 Å². The van der Waals surface area contributed by atoms with Crippen LogP contribution in [0, 0.1) is 17.8 Å². The molecule has 1 saturated heterocycles. The minimum absolute atomic E-state index is 0.491. The monoisotopic (exact) mass is 390 g/mol. The van der Waals surface area contributed by atoms with Crippen molar-refractivity contribution in [2.24, 2.45) is 17.8 Å². The lowest BCUT2D eigenvalue weighted by molar-refractivity contribution is -0.297. The molecule has 0 aromatic rings. The molecule has 9 nitrogen and oxygen atoms in total. The Labute approximate surface area is 158 Å². The van der Waals surface area contributed by atoms with Crippen LogP contribution >= 0.6 is 0 Å². The molecule has 0 aromatic heterocycles. The van der Waals surface area contributed by atoms with Gasteiger partial charge in [-0.3, -0.25) is 14.4 Å². The summed E-state index contributed by atoms with van der Waals surface area (Å²) in [6.45, 7) is 9.02. The lowest BCUT2D eigenvalue weighted by Gasteiger charge is -2.43. The molecule has 0 radical (unpaired) electrons. The molecule has 27 heavy (non-hydrogen) atoms. The zero-order valence-electron chi connectivity index (χ0n) is 16.6. The minimum atomic E-state index is -1.66. The predicted molar refractivity (Wildman–Crippen MR) is 92.1 cm³/mol. The summed E-state index contributed by atoms with van der Waals surface area (Å²) in [5, 5.41) is 19.8. The summed E-state index contributed by atoms with van der Waals surface area (Å²) in [6.07, 6.45) is -6.80. The topological polar surface area (TPSA) is 129 Å². The van der Waals surface area contributed by atoms with Gasteiger partial charge in [-0.2, -0.15) is 0 Å². The second-order valence-electron chi connectivity index (χ2n) is 7.42. The summed E-state index contributed by atoms with van der Waals surface area (Å²) < 4.78 is 21.3. The van der Waals surface area contributed by atoms with Gasteiger partial charge in [-0.25, -0.2) is 0 Å². The predicted octanol–water partition coefficient (Wildman–Crippen LogP) is 0.399. The molecular formula is C18H30O9. The van der Waals surface area contributed by atoms with Crippen molar-refractivity contribution in [1.29, 1.82) is 0 Å². The largest absolute Gasteiger partial charge is 0.455 e. The van der Waals surface area contributed by atoms with Crippen LogP contribution < -0.4 is 0 Å². The Morgan fingerprint density at radius 1 is 0.778 bits per heavy atom. The van der Waals surface area contributed by atoms with Crippen molar-refractivity contribution in [1.82, 2.24) is 0 Å². The lowest BCUT2D eigenvalue weighted by Crippen LogP contribution is -2.62. The van der Waals surface area contributed by atoms with Crippen molar-refractivity contribution in [3.8, 4) is 0 Å². The van der Waals surface area contributed by atoms with Gasteiger partial charge in [-0.05, 0) is 0 Å². The van der Waals surface area contributed by atoms with Gasteiger partial charge in [-0.15, -0.1) is 0 Å². The summed E-state index contributed by atoms with van der Waals surface area (Å²) >= 11 is 0. The molecular weight excluding hydrogens is 360 g/mol. The first-order valence-electron chi connectivity index (χ1n) is 9.05. The molecule has 0 spiro atoms. The first kappa shape index (κ1) is 23.3. The quantitative estimate of drug-likeness (QED) is 0.469. The lowest BCUT2D eigenvalue weighted by atomic mass is 9.97. The molecule has 9 heteroatoms. The van der Waals surface area contributed by atoms with E-state index in [1.165, 1.54) is 0 Å². The van der Waals surface area contributed by atoms with E-state index in [1.807, 2.05) is 0 Å². The number of carbonyl (C=O) groups excluding carboxylic acids is 3. The number of rotatable bonds is 7. The molecule has 156 valence electrons. The van der Waals surface area contributed by atoms with Crippen molar-refractivity contribution in [3.63, 3.8) is 0 Å². The van der Waals surface area contributed by atoms with Crippen LogP contribution in [0.3, 0.4) is 0 Å². The van der Waals surface area contributed by atoms with Gasteiger partial charge in [0.25, 0.3) is 0 Å². The Morgan fingerprint density at radius 3 is 1.52 bits per heavy atom. The van der Waals surface area contributed by atoms with E-state index in [9.17, 15) is 24.6 Å². The van der Waals surface area contributed by atoms with Crippen LogP contribution in [-0.4, -0.2) is 65.4 Å². The number of hydrogen-bond acceptors (Lipinski definition) is 9. The third-order valence-electron chi connectivity index (χ3n) is 3.96. The van der Waals surface area contributed by atoms with E-state index >= 15 is 0 Å². The van der Waals surface area contributed by atoms with Crippen molar-refractivity contribution in [3.05, 3.63) is 0 Å². The van der Waals surface area contributed by atoms with E-state index in [-0.39, 0.29) is 0 Å². The number of aliphatic hydroxyl groups is 2. The van der Waals surface area contributed by atoms with E-state index in [1.54, 1.807) is 41.5 Å². The normalized spacial score (nSPS) is 28.3. The highest BCUT2D eigenvalue weighted by Gasteiger charge is 2.52. The molecule has 5 atom stereocenters. The van der Waals surface area contributed by atoms with Gasteiger partial charge in [-0.1, -0.05) is 41.5 Å². The van der Waals surface area contributed by atoms with Gasteiger partial charge in [0.1, 0.15) is 6.10 Å². The molecule has 1 aliphatic heterocycles. The Bertz CT molecular complexity index is 529. The van der Waals surface area contributed by atoms with Crippen LogP contribution in [0.5, 0.6) is 0 Å². The smallest absolute Gasteiger partial charge is 0.308 e. The van der Waals surface area contributed by atoms with Crippen molar-refractivity contribution >= 4 is 17.9 Å². The zero-order valence-corrected chi connectivity index (χ0v) is 16.6. The van der Waals surface area contributed by atoms with Crippen LogP contribution in [-0.2, 0) is 33.3 Å². The highest BCUT2D eigenvalue weighted by atomic mass is 16.7. The average molecular weight is 390 g/mol. The maximum atomic E-state index is 12.2. The Balaban J connectivity index is 3.22. The molecule has 1 heterocycles. The van der Waals surface area contributed by atoms with Gasteiger partial charge >= 0.3 is 17.9 Å². The molecule has 1 rings (SSSR count). The second-order valence-corrected chi connectivity index (χ2v) is 7.42. The summed E-state index contributed by atoms with van der Waals surface area (Å²) in [6, 6.07) is 0. The standard InChI is InChI=1S/C18H30O9/c1-8(2)15(20)25-12-11(7-19)24-18(23)14(27-17(22)10(5)6)13(12)26-16(21)9(3)4/h8-14,18-19,23H,7H2,1-6H3/t11-,12-,13+,14-,18-/m1/s1. The second kappa shape index (κ2) is 10.0. The third-order valence-corrected chi connectivity index (χ3v) is 3.96. The van der Waals surface area contributed by atoms with Crippen LogP contribution in [0.1, 0.15) is 41.5 Å². The molecule has 0 saturated carbocycles. The van der Waals surface area contributed by atoms with Gasteiger partial charge in [0.05, 0.1) is 24.4 Å². The fourth-order valence-electron chi connectivity index (χ4n) is 2.25. The van der Waals surface area contributed by atoms with E-state index in [0.29, 0.717) is 0 Å². The molecule has 0 bridgehead atoms. The molecule has 2 N–H and O–H groups in total. The Kier molecular flexibility index (Phi) is 8.64. The summed E-state index contributed by atoms with van der Waals surface area (Å²) in [4.78, 5) is 36.3. The number of esters is 3. The SMILES string of the molecule is CC(C)C(=O)O[C@@H]1[C@@H](OC(=O)C(C)C)[C@H](O)O[C@H](CO)[C@H]1OC(=O)C(C)C. The van der Waals surface area contributed by atoms with Crippen molar-refractivity contribution < 1.29 is 43.5 Å². The van der Waals surface area contributed by atoms with Gasteiger partial charge in [0, 0.05) is 0 Å². The Hall–Kier alpha value is -1.71. The highest BCUT2D eigenvalue weighted by molar-refractivity contribution is 5.73. The average Bonchev–Trinajstić information content (AvgIpc) is 2.58. The zero-order chi connectivity index (χ0) is 20.9. The van der Waals surface area contributed by atoms with E-state index < -0.39 is 73.0 Å². The first-order chi connectivity index (χ1) is 12.5. The fourth-order valence-corrected chi connectivity index (χ4v) is 2.25. The van der Waals surface area contributed by atoms with Crippen molar-refractivity contribution in [2.75, 3.05) is 6.61 Å². The van der Waals surface area contributed by atoms with Gasteiger partial charge < -0.3 is 29.2 Å². The van der Waals surface area contributed by atoms with E-state index in [4.69, 9.17) is 18.9 Å². The van der Waals surface area contributed by atoms with Crippen LogP contribution in [0.2, 0.25) is 0 Å². The van der Waals surface area contributed by atoms with Crippen LogP contribution in [0.4, 0.5) is 0 Å². The number of carbonyl (C=O) groups is 3. The third kappa shape index (κ3) is 6.15. The van der Waals surface area contributed by atoms with Crippen LogP contribution in [0.15, 0.2) is 0 Å². The molecule has 0 aromatic carbocycles. The number of aliphatic hydroxyl groups excluding tert-OH is 2. The summed E-state index contributed by atoms with van der Waals surface area (Å²) in [5.41, 5.74) is 0. The van der Waals surface area contributed by atoms with E-state index in [0.717, 1.165) is 0 Å². The fraction of sp³-hybridized carbons (Fsp3) is 0.833. The number of ether oxygens (including phenoxy) is 4. The highest BCUT2D eigenvalue weighted by Crippen LogP contribution is 2.29. The van der Waals surface area contributed by atoms with Gasteiger partial charge in [0.2, 0.25) is 0 Å². The Morgan fingerprint density at radius 2 is 1.15 bits per heavy atom. The molecule has 1 fully saturated rings. The van der Waals surface area contributed by atoms with E-state index in [2.05, 4.69) is 0 Å². The minimum Gasteiger partial charge on any atom is -0.455 e. The van der Waals surface area contributed by atoms with Crippen LogP contribution in [0.25, 0.3) is 0 Å². The maximum absolute atomic E-state index is 12.2. The maximum Gasteiger partial charge on any atom is 0.308 e. The van der Waals surface area contributed by atoms with Gasteiger partial charge in [0.15, 0.2) is 24.6 Å². The molecule has 1 aliphatic rings.